The average Bonchev–Trinajstić information content (AvgIpc) is 3.16. The molecule has 1 N–H and O–H groups in total. The highest BCUT2D eigenvalue weighted by Crippen LogP contribution is 2.19. The monoisotopic (exact) mass is 353 g/mol. The molecule has 0 atom stereocenters. The lowest BCUT2D eigenvalue weighted by Crippen LogP contribution is -2.21. The molecule has 0 spiro atoms. The number of carbonyl (C=O) groups is 2. The van der Waals surface area contributed by atoms with Crippen molar-refractivity contribution >= 4 is 29.0 Å². The maximum absolute atomic E-state index is 12.1. The summed E-state index contributed by atoms with van der Waals surface area (Å²) in [6.07, 6.45) is 0. The minimum Gasteiger partial charge on any atom is -0.345 e. The summed E-state index contributed by atoms with van der Waals surface area (Å²) in [5, 5.41) is 12.4. The summed E-state index contributed by atoms with van der Waals surface area (Å²) in [4.78, 5) is 29.4. The zero-order valence-corrected chi connectivity index (χ0v) is 14.4. The molecule has 2 amide bonds. The number of rotatable bonds is 4. The van der Waals surface area contributed by atoms with Crippen LogP contribution in [0.1, 0.15) is 20.8 Å². The van der Waals surface area contributed by atoms with Crippen LogP contribution in [0.4, 0.5) is 5.82 Å². The molecule has 1 aromatic carbocycles. The Morgan fingerprint density at radius 1 is 1.12 bits per heavy atom. The lowest BCUT2D eigenvalue weighted by Gasteiger charge is -2.11. The molecule has 0 unspecified atom stereocenters. The van der Waals surface area contributed by atoms with E-state index in [2.05, 4.69) is 20.5 Å². The zero-order chi connectivity index (χ0) is 17.8. The maximum atomic E-state index is 12.1. The fourth-order valence-electron chi connectivity index (χ4n) is 2.13. The molecule has 25 heavy (non-hydrogen) atoms. The van der Waals surface area contributed by atoms with Crippen LogP contribution in [0.2, 0.25) is 0 Å². The van der Waals surface area contributed by atoms with E-state index in [1.165, 1.54) is 16.2 Å². The highest BCUT2D eigenvalue weighted by Gasteiger charge is 2.11. The van der Waals surface area contributed by atoms with Gasteiger partial charge in [0.1, 0.15) is 5.69 Å². The van der Waals surface area contributed by atoms with Crippen molar-refractivity contribution in [2.75, 3.05) is 19.4 Å². The molecule has 126 valence electrons. The smallest absolute Gasteiger partial charge is 0.276 e. The largest absolute Gasteiger partial charge is 0.345 e. The molecule has 0 saturated carbocycles. The number of thiazole rings is 1. The van der Waals surface area contributed by atoms with Crippen molar-refractivity contribution in [1.82, 2.24) is 20.1 Å². The second kappa shape index (κ2) is 7.18. The second-order valence-corrected chi connectivity index (χ2v) is 6.13. The van der Waals surface area contributed by atoms with E-state index in [1.54, 1.807) is 55.3 Å². The number of nitrogens with zero attached hydrogens (tertiary/aromatic N) is 4. The topological polar surface area (TPSA) is 88.1 Å². The highest BCUT2D eigenvalue weighted by molar-refractivity contribution is 7.07. The number of carbonyl (C=O) groups excluding carboxylic acids is 2. The molecule has 0 bridgehead atoms. The van der Waals surface area contributed by atoms with Gasteiger partial charge in [-0.15, -0.1) is 21.5 Å². The zero-order valence-electron chi connectivity index (χ0n) is 13.6. The predicted molar refractivity (Wildman–Crippen MR) is 95.6 cm³/mol. The quantitative estimate of drug-likeness (QED) is 0.779. The van der Waals surface area contributed by atoms with E-state index >= 15 is 0 Å². The van der Waals surface area contributed by atoms with E-state index in [0.29, 0.717) is 22.8 Å². The summed E-state index contributed by atoms with van der Waals surface area (Å²) in [7, 11) is 3.41. The van der Waals surface area contributed by atoms with Crippen molar-refractivity contribution in [3.63, 3.8) is 0 Å². The molecule has 0 radical (unpaired) electrons. The van der Waals surface area contributed by atoms with E-state index < -0.39 is 0 Å². The molecule has 8 heteroatoms. The third-order valence-electron chi connectivity index (χ3n) is 3.38. The summed E-state index contributed by atoms with van der Waals surface area (Å²) in [5.41, 5.74) is 3.89. The number of aromatic nitrogens is 3. The Kier molecular flexibility index (Phi) is 4.80. The Hall–Kier alpha value is -3.13. The lowest BCUT2D eigenvalue weighted by atomic mass is 10.1. The van der Waals surface area contributed by atoms with Crippen molar-refractivity contribution < 1.29 is 9.59 Å². The van der Waals surface area contributed by atoms with Gasteiger partial charge in [-0.1, -0.05) is 12.1 Å². The summed E-state index contributed by atoms with van der Waals surface area (Å²) in [6, 6.07) is 10.6. The van der Waals surface area contributed by atoms with Gasteiger partial charge in [0.25, 0.3) is 11.8 Å². The van der Waals surface area contributed by atoms with Gasteiger partial charge < -0.3 is 10.2 Å². The van der Waals surface area contributed by atoms with Gasteiger partial charge in [-0.2, -0.15) is 0 Å². The Bertz CT molecular complexity index is 892. The molecular weight excluding hydrogens is 338 g/mol. The molecular formula is C17H15N5O2S. The lowest BCUT2D eigenvalue weighted by molar-refractivity contribution is 0.0827. The summed E-state index contributed by atoms with van der Waals surface area (Å²) in [5.74, 6) is -0.0777. The first kappa shape index (κ1) is 16.7. The van der Waals surface area contributed by atoms with Crippen LogP contribution >= 0.6 is 11.3 Å². The molecule has 0 aliphatic heterocycles. The van der Waals surface area contributed by atoms with Crippen LogP contribution in [-0.2, 0) is 0 Å². The maximum Gasteiger partial charge on any atom is 0.276 e. The fraction of sp³-hybridized carbons (Fsp3) is 0.118. The molecule has 0 fully saturated rings. The molecule has 3 aromatic rings. The summed E-state index contributed by atoms with van der Waals surface area (Å²) in [6.45, 7) is 0. The van der Waals surface area contributed by atoms with Crippen molar-refractivity contribution in [1.29, 1.82) is 0 Å². The second-order valence-electron chi connectivity index (χ2n) is 5.41. The Balaban J connectivity index is 1.77. The number of amides is 2. The van der Waals surface area contributed by atoms with E-state index in [1.807, 2.05) is 6.07 Å². The van der Waals surface area contributed by atoms with Crippen molar-refractivity contribution in [3.05, 3.63) is 58.5 Å². The van der Waals surface area contributed by atoms with Gasteiger partial charge in [-0.3, -0.25) is 9.59 Å². The van der Waals surface area contributed by atoms with Gasteiger partial charge in [0.15, 0.2) is 5.82 Å². The van der Waals surface area contributed by atoms with Gasteiger partial charge in [-0.05, 0) is 24.3 Å². The highest BCUT2D eigenvalue weighted by atomic mass is 32.1. The van der Waals surface area contributed by atoms with Crippen LogP contribution in [0.5, 0.6) is 0 Å². The molecule has 2 aromatic heterocycles. The first-order valence-corrected chi connectivity index (χ1v) is 8.34. The molecule has 0 aliphatic rings. The van der Waals surface area contributed by atoms with Crippen LogP contribution in [0.15, 0.2) is 47.3 Å². The third-order valence-corrected chi connectivity index (χ3v) is 3.97. The molecule has 2 heterocycles. The first-order valence-electron chi connectivity index (χ1n) is 7.40. The molecule has 0 aliphatic carbocycles. The van der Waals surface area contributed by atoms with Gasteiger partial charge in [0.05, 0.1) is 11.2 Å². The number of benzene rings is 1. The minimum absolute atomic E-state index is 0.0815. The standard InChI is InChI=1S/C17H15N5O2S/c1-22(2)17(24)12-5-3-4-11(8-12)13-6-7-15(21-20-13)19-16(23)14-9-25-10-18-14/h3-10H,1-2H3,(H,19,21,23). The van der Waals surface area contributed by atoms with E-state index in [4.69, 9.17) is 0 Å². The van der Waals surface area contributed by atoms with Gasteiger partial charge in [0, 0.05) is 30.6 Å². The predicted octanol–water partition coefficient (Wildman–Crippen LogP) is 2.55. The van der Waals surface area contributed by atoms with E-state index in [0.717, 1.165) is 5.56 Å². The molecule has 3 rings (SSSR count). The SMILES string of the molecule is CN(C)C(=O)c1cccc(-c2ccc(NC(=O)c3cscn3)nn2)c1. The number of hydrogen-bond donors (Lipinski definition) is 1. The van der Waals surface area contributed by atoms with Crippen LogP contribution in [0.3, 0.4) is 0 Å². The van der Waals surface area contributed by atoms with E-state index in [-0.39, 0.29) is 11.8 Å². The first-order chi connectivity index (χ1) is 12.0. The van der Waals surface area contributed by atoms with Gasteiger partial charge >= 0.3 is 0 Å². The van der Waals surface area contributed by atoms with Crippen LogP contribution in [0.25, 0.3) is 11.3 Å². The Morgan fingerprint density at radius 3 is 2.60 bits per heavy atom. The van der Waals surface area contributed by atoms with Gasteiger partial charge in [-0.25, -0.2) is 4.98 Å². The van der Waals surface area contributed by atoms with Gasteiger partial charge in [0.2, 0.25) is 0 Å². The van der Waals surface area contributed by atoms with Crippen LogP contribution in [0, 0.1) is 0 Å². The molecule has 7 nitrogen and oxygen atoms in total. The van der Waals surface area contributed by atoms with E-state index in [9.17, 15) is 9.59 Å². The normalized spacial score (nSPS) is 10.3. The average molecular weight is 353 g/mol. The third kappa shape index (κ3) is 3.86. The van der Waals surface area contributed by atoms with Crippen molar-refractivity contribution in [2.45, 2.75) is 0 Å². The minimum atomic E-state index is -0.332. The van der Waals surface area contributed by atoms with Crippen molar-refractivity contribution in [2.24, 2.45) is 0 Å². The number of hydrogen-bond acceptors (Lipinski definition) is 6. The fourth-order valence-corrected chi connectivity index (χ4v) is 2.66. The Morgan fingerprint density at radius 2 is 1.96 bits per heavy atom. The van der Waals surface area contributed by atoms with Crippen LogP contribution in [-0.4, -0.2) is 46.0 Å². The number of anilines is 1. The summed E-state index contributed by atoms with van der Waals surface area (Å²) >= 11 is 1.34. The van der Waals surface area contributed by atoms with Crippen molar-refractivity contribution in [3.8, 4) is 11.3 Å². The number of nitrogens with one attached hydrogen (secondary N) is 1. The summed E-state index contributed by atoms with van der Waals surface area (Å²) < 4.78 is 0. The Labute approximate surface area is 148 Å². The molecule has 0 saturated heterocycles. The van der Waals surface area contributed by atoms with Crippen LogP contribution < -0.4 is 5.32 Å².